The number of nitrogens with zero attached hydrogens (tertiary/aromatic N) is 1. The maximum absolute atomic E-state index is 15.1. The van der Waals surface area contributed by atoms with E-state index in [1.54, 1.807) is 42.6 Å². The minimum atomic E-state index is -1.16. The van der Waals surface area contributed by atoms with Gasteiger partial charge in [-0.05, 0) is 68.1 Å². The fourth-order valence-electron chi connectivity index (χ4n) is 5.31. The summed E-state index contributed by atoms with van der Waals surface area (Å²) in [7, 11) is 0. The summed E-state index contributed by atoms with van der Waals surface area (Å²) >= 11 is 0. The molecule has 2 amide bonds. The highest BCUT2D eigenvalue weighted by molar-refractivity contribution is 6.16. The molecule has 1 spiro atoms. The van der Waals surface area contributed by atoms with E-state index in [9.17, 15) is 9.59 Å². The SMILES string of the molecule is O=C(Nc1ccccc1)C1(C(=O)Nc2ccc(Oc3ccnc4cc(OC5COC6(CC6)C5)ccc34)c(F)c2)CC1. The summed E-state index contributed by atoms with van der Waals surface area (Å²) in [5.74, 6) is -0.353. The Morgan fingerprint density at radius 3 is 2.37 bits per heavy atom. The Kier molecular flexibility index (Phi) is 6.12. The minimum absolute atomic E-state index is 0.00313. The van der Waals surface area contributed by atoms with Crippen LogP contribution in [0, 0.1) is 11.2 Å². The molecule has 2 N–H and O–H groups in total. The van der Waals surface area contributed by atoms with E-state index in [0.29, 0.717) is 47.5 Å². The molecule has 3 aromatic carbocycles. The van der Waals surface area contributed by atoms with Crippen LogP contribution in [0.15, 0.2) is 79.0 Å². The monoisotopic (exact) mass is 553 g/mol. The molecule has 3 aliphatic rings. The fraction of sp³-hybridized carbons (Fsp3) is 0.281. The van der Waals surface area contributed by atoms with Gasteiger partial charge in [0.1, 0.15) is 23.0 Å². The Bertz CT molecular complexity index is 1650. The zero-order valence-electron chi connectivity index (χ0n) is 22.2. The number of hydrogen-bond acceptors (Lipinski definition) is 6. The summed E-state index contributed by atoms with van der Waals surface area (Å²) in [6.45, 7) is 0.589. The third-order valence-electron chi connectivity index (χ3n) is 8.02. The number of carbonyl (C=O) groups is 2. The molecule has 1 atom stereocenters. The van der Waals surface area contributed by atoms with E-state index in [1.165, 1.54) is 12.1 Å². The average molecular weight is 554 g/mol. The fourth-order valence-corrected chi connectivity index (χ4v) is 5.31. The largest absolute Gasteiger partial charge is 0.488 e. The number of fused-ring (bicyclic) bond motifs is 1. The van der Waals surface area contributed by atoms with Crippen molar-refractivity contribution in [2.75, 3.05) is 17.2 Å². The van der Waals surface area contributed by atoms with E-state index >= 15 is 4.39 Å². The van der Waals surface area contributed by atoms with Crippen molar-refractivity contribution >= 4 is 34.1 Å². The van der Waals surface area contributed by atoms with Gasteiger partial charge >= 0.3 is 0 Å². The molecule has 9 heteroatoms. The van der Waals surface area contributed by atoms with E-state index in [0.717, 1.165) is 19.3 Å². The molecular formula is C32H28FN3O5. The summed E-state index contributed by atoms with van der Waals surface area (Å²) in [6.07, 6.45) is 5.58. The van der Waals surface area contributed by atoms with Crippen LogP contribution < -0.4 is 20.1 Å². The number of pyridine rings is 1. The molecule has 1 saturated heterocycles. The molecule has 1 aromatic heterocycles. The van der Waals surface area contributed by atoms with Crippen molar-refractivity contribution in [3.05, 3.63) is 84.8 Å². The third-order valence-corrected chi connectivity index (χ3v) is 8.02. The lowest BCUT2D eigenvalue weighted by atomic mass is 10.0. The van der Waals surface area contributed by atoms with Crippen molar-refractivity contribution in [2.24, 2.45) is 5.41 Å². The Hall–Kier alpha value is -4.50. The predicted molar refractivity (Wildman–Crippen MR) is 151 cm³/mol. The molecule has 7 rings (SSSR count). The quantitative estimate of drug-likeness (QED) is 0.251. The lowest BCUT2D eigenvalue weighted by Crippen LogP contribution is -2.35. The van der Waals surface area contributed by atoms with Crippen molar-refractivity contribution in [2.45, 2.75) is 43.8 Å². The van der Waals surface area contributed by atoms with Crippen LogP contribution in [0.2, 0.25) is 0 Å². The Labute approximate surface area is 235 Å². The number of aromatic nitrogens is 1. The summed E-state index contributed by atoms with van der Waals surface area (Å²) in [4.78, 5) is 30.2. The molecule has 2 heterocycles. The number of rotatable bonds is 8. The van der Waals surface area contributed by atoms with Gasteiger partial charge in [-0.2, -0.15) is 0 Å². The van der Waals surface area contributed by atoms with Crippen LogP contribution in [-0.2, 0) is 14.3 Å². The Morgan fingerprint density at radius 1 is 0.878 bits per heavy atom. The lowest BCUT2D eigenvalue weighted by Gasteiger charge is -2.16. The molecule has 0 radical (unpaired) electrons. The summed E-state index contributed by atoms with van der Waals surface area (Å²) in [6, 6.07) is 20.4. The normalized spacial score (nSPS) is 19.5. The Morgan fingerprint density at radius 2 is 1.66 bits per heavy atom. The van der Waals surface area contributed by atoms with Gasteiger partial charge in [0.05, 0.1) is 17.7 Å². The highest BCUT2D eigenvalue weighted by Crippen LogP contribution is 2.49. The highest BCUT2D eigenvalue weighted by Gasteiger charge is 2.56. The molecule has 0 bridgehead atoms. The van der Waals surface area contributed by atoms with Gasteiger partial charge in [-0.15, -0.1) is 0 Å². The molecule has 3 fully saturated rings. The third kappa shape index (κ3) is 5.09. The van der Waals surface area contributed by atoms with Gasteiger partial charge in [-0.1, -0.05) is 18.2 Å². The van der Waals surface area contributed by atoms with E-state index in [2.05, 4.69) is 15.6 Å². The molecule has 208 valence electrons. The zero-order chi connectivity index (χ0) is 28.0. The van der Waals surface area contributed by atoms with Crippen LogP contribution in [0.3, 0.4) is 0 Å². The molecule has 2 aliphatic carbocycles. The van der Waals surface area contributed by atoms with Gasteiger partial charge in [0.15, 0.2) is 11.6 Å². The molecule has 1 unspecified atom stereocenters. The number of amides is 2. The van der Waals surface area contributed by atoms with Crippen molar-refractivity contribution in [1.82, 2.24) is 4.98 Å². The molecule has 8 nitrogen and oxygen atoms in total. The maximum atomic E-state index is 15.1. The molecule has 1 aliphatic heterocycles. The second-order valence-electron chi connectivity index (χ2n) is 11.0. The van der Waals surface area contributed by atoms with Gasteiger partial charge < -0.3 is 24.8 Å². The first-order chi connectivity index (χ1) is 19.9. The number of carbonyl (C=O) groups excluding carboxylic acids is 2. The molecule has 2 saturated carbocycles. The second-order valence-corrected chi connectivity index (χ2v) is 11.0. The molecular weight excluding hydrogens is 525 g/mol. The van der Waals surface area contributed by atoms with E-state index < -0.39 is 17.1 Å². The van der Waals surface area contributed by atoms with Crippen molar-refractivity contribution in [3.8, 4) is 17.2 Å². The van der Waals surface area contributed by atoms with Crippen LogP contribution in [0.4, 0.5) is 15.8 Å². The van der Waals surface area contributed by atoms with Crippen LogP contribution in [-0.4, -0.2) is 35.1 Å². The van der Waals surface area contributed by atoms with E-state index in [1.807, 2.05) is 24.3 Å². The molecule has 4 aromatic rings. The first-order valence-electron chi connectivity index (χ1n) is 13.8. The number of halogens is 1. The van der Waals surface area contributed by atoms with Crippen LogP contribution in [0.25, 0.3) is 10.9 Å². The number of anilines is 2. The Balaban J connectivity index is 1.02. The van der Waals surface area contributed by atoms with E-state index in [4.69, 9.17) is 14.2 Å². The van der Waals surface area contributed by atoms with Gasteiger partial charge in [0, 0.05) is 41.5 Å². The van der Waals surface area contributed by atoms with Crippen molar-refractivity contribution < 1.29 is 28.2 Å². The van der Waals surface area contributed by atoms with Gasteiger partial charge in [0.25, 0.3) is 0 Å². The smallest absolute Gasteiger partial charge is 0.240 e. The lowest BCUT2D eigenvalue weighted by molar-refractivity contribution is -0.131. The average Bonchev–Trinajstić information content (AvgIpc) is 3.89. The van der Waals surface area contributed by atoms with Gasteiger partial charge in [-0.25, -0.2) is 4.39 Å². The zero-order valence-corrected chi connectivity index (χ0v) is 22.2. The number of nitrogens with one attached hydrogen (secondary N) is 2. The summed E-state index contributed by atoms with van der Waals surface area (Å²) < 4.78 is 33.0. The predicted octanol–water partition coefficient (Wildman–Crippen LogP) is 6.22. The number of hydrogen-bond donors (Lipinski definition) is 2. The number of ether oxygens (including phenoxy) is 3. The van der Waals surface area contributed by atoms with Crippen molar-refractivity contribution in [1.29, 1.82) is 0 Å². The van der Waals surface area contributed by atoms with Crippen LogP contribution in [0.5, 0.6) is 17.2 Å². The first kappa shape index (κ1) is 25.5. The first-order valence-corrected chi connectivity index (χ1v) is 13.8. The van der Waals surface area contributed by atoms with Crippen LogP contribution in [0.1, 0.15) is 32.1 Å². The van der Waals surface area contributed by atoms with Crippen LogP contribution >= 0.6 is 0 Å². The van der Waals surface area contributed by atoms with Gasteiger partial charge in [0.2, 0.25) is 11.8 Å². The van der Waals surface area contributed by atoms with Crippen molar-refractivity contribution in [3.63, 3.8) is 0 Å². The maximum Gasteiger partial charge on any atom is 0.240 e. The van der Waals surface area contributed by atoms with Gasteiger partial charge in [-0.3, -0.25) is 14.6 Å². The number of benzene rings is 3. The second kappa shape index (κ2) is 9.85. The highest BCUT2D eigenvalue weighted by atomic mass is 19.1. The summed E-state index contributed by atoms with van der Waals surface area (Å²) in [5, 5.41) is 6.18. The topological polar surface area (TPSA) is 98.8 Å². The minimum Gasteiger partial charge on any atom is -0.488 e. The summed E-state index contributed by atoms with van der Waals surface area (Å²) in [5.41, 5.74) is 0.395. The number of para-hydroxylation sites is 1. The standard InChI is InChI=1S/C32H28FN3O5/c33-25-16-21(36-30(38)32(13-14-32)29(37)35-20-4-2-1-3-5-20)6-9-28(25)41-27-10-15-34-26-17-22(7-8-24(26)27)40-23-18-31(11-12-31)39-19-23/h1-10,15-17,23H,11-14,18-19H2,(H,35,37)(H,36,38). The molecule has 41 heavy (non-hydrogen) atoms. The van der Waals surface area contributed by atoms with E-state index in [-0.39, 0.29) is 29.0 Å².